The predicted molar refractivity (Wildman–Crippen MR) is 141 cm³/mol. The van der Waals surface area contributed by atoms with E-state index in [1.165, 1.54) is 13.3 Å². The molecule has 4 aromatic rings. The Kier molecular flexibility index (Phi) is 6.05. The number of aliphatic hydroxyl groups excluding tert-OH is 1. The highest BCUT2D eigenvalue weighted by molar-refractivity contribution is 6.31. The zero-order valence-electron chi connectivity index (χ0n) is 19.3. The maximum Gasteiger partial charge on any atom is 0.214 e. The number of benzene rings is 3. The van der Waals surface area contributed by atoms with Gasteiger partial charge in [0.05, 0.1) is 25.4 Å². The Morgan fingerprint density at radius 2 is 1.81 bits per heavy atom. The number of phenols is 1. The highest BCUT2D eigenvalue weighted by Crippen LogP contribution is 2.40. The Balaban J connectivity index is 1.79. The largest absolute Gasteiger partial charge is 0.508 e. The molecule has 1 atom stereocenters. The smallest absolute Gasteiger partial charge is 0.214 e. The van der Waals surface area contributed by atoms with Crippen molar-refractivity contribution in [1.29, 1.82) is 0 Å². The number of methoxy groups -OCH3 is 1. The van der Waals surface area contributed by atoms with Crippen LogP contribution in [-0.2, 0) is 12.2 Å². The maximum absolute atomic E-state index is 12.3. The molecule has 36 heavy (non-hydrogen) atoms. The fourth-order valence-electron chi connectivity index (χ4n) is 4.39. The molecule has 1 aromatic heterocycles. The topological polar surface area (TPSA) is 108 Å². The fraction of sp³-hybridized carbons (Fsp3) is 0.107. The summed E-state index contributed by atoms with van der Waals surface area (Å²) in [4.78, 5) is 4.56. The molecular formula is C28H22ClN3O4. The number of halogens is 1. The summed E-state index contributed by atoms with van der Waals surface area (Å²) in [6.45, 7) is 3.70. The molecule has 0 fully saturated rings. The highest BCUT2D eigenvalue weighted by Gasteiger charge is 2.40. The van der Waals surface area contributed by atoms with Gasteiger partial charge < -0.3 is 20.1 Å². The van der Waals surface area contributed by atoms with Crippen LogP contribution in [0.1, 0.15) is 16.7 Å². The Hall–Kier alpha value is -4.04. The molecule has 0 amide bonds. The van der Waals surface area contributed by atoms with Crippen LogP contribution in [0.4, 0.5) is 0 Å². The van der Waals surface area contributed by atoms with Gasteiger partial charge in [-0.3, -0.25) is 0 Å². The highest BCUT2D eigenvalue weighted by atomic mass is 35.5. The molecule has 3 aromatic carbocycles. The fourth-order valence-corrected chi connectivity index (χ4v) is 4.57. The summed E-state index contributed by atoms with van der Waals surface area (Å²) in [5, 5.41) is 41.5. The molecule has 180 valence electrons. The minimum Gasteiger partial charge on any atom is -0.508 e. The first-order valence-electron chi connectivity index (χ1n) is 11.1. The van der Waals surface area contributed by atoms with E-state index in [0.29, 0.717) is 38.7 Å². The van der Waals surface area contributed by atoms with E-state index < -0.39 is 5.60 Å². The zero-order valence-corrected chi connectivity index (χ0v) is 20.1. The number of aromatic nitrogens is 1. The number of phenolic OH excluding ortho intramolecular Hbond substituents is 1. The van der Waals surface area contributed by atoms with Crippen molar-refractivity contribution in [3.63, 3.8) is 0 Å². The predicted octanol–water partition coefficient (Wildman–Crippen LogP) is 4.99. The number of ether oxygens (including phenoxy) is 1. The lowest BCUT2D eigenvalue weighted by Gasteiger charge is -2.30. The van der Waals surface area contributed by atoms with Crippen molar-refractivity contribution in [3.8, 4) is 22.8 Å². The van der Waals surface area contributed by atoms with Crippen molar-refractivity contribution in [2.75, 3.05) is 7.11 Å². The molecule has 0 saturated carbocycles. The lowest BCUT2D eigenvalue weighted by molar-refractivity contribution is 0.156. The average Bonchev–Trinajstić information content (AvgIpc) is 3.33. The number of aliphatic hydroxyl groups is 2. The normalized spacial score (nSPS) is 14.7. The number of nitrogens with zero attached hydrogens (tertiary/aromatic N) is 3. The quantitative estimate of drug-likeness (QED) is 0.346. The second-order valence-electron chi connectivity index (χ2n) is 8.39. The number of hydrogen-bond acceptors (Lipinski definition) is 7. The van der Waals surface area contributed by atoms with Gasteiger partial charge >= 0.3 is 0 Å². The van der Waals surface area contributed by atoms with E-state index >= 15 is 0 Å². The van der Waals surface area contributed by atoms with Crippen molar-refractivity contribution < 1.29 is 20.1 Å². The molecular weight excluding hydrogens is 478 g/mol. The van der Waals surface area contributed by atoms with Gasteiger partial charge in [-0.1, -0.05) is 42.4 Å². The maximum atomic E-state index is 12.3. The molecule has 0 bridgehead atoms. The average molecular weight is 500 g/mol. The molecule has 8 heteroatoms. The van der Waals surface area contributed by atoms with Gasteiger partial charge in [0.1, 0.15) is 11.5 Å². The molecule has 1 aliphatic rings. The van der Waals surface area contributed by atoms with Crippen molar-refractivity contribution in [2.45, 2.75) is 12.2 Å². The number of aromatic hydroxyl groups is 1. The summed E-state index contributed by atoms with van der Waals surface area (Å²) >= 11 is 6.23. The monoisotopic (exact) mass is 499 g/mol. The summed E-state index contributed by atoms with van der Waals surface area (Å²) in [5.74, 6) is 0.534. The van der Waals surface area contributed by atoms with Gasteiger partial charge in [-0.2, -0.15) is 10.2 Å². The summed E-state index contributed by atoms with van der Waals surface area (Å²) in [7, 11) is 1.54. The second-order valence-corrected chi connectivity index (χ2v) is 8.79. The summed E-state index contributed by atoms with van der Waals surface area (Å²) in [6, 6.07) is 19.0. The summed E-state index contributed by atoms with van der Waals surface area (Å²) in [5.41, 5.74) is 2.49. The van der Waals surface area contributed by atoms with Crippen LogP contribution in [0.15, 0.2) is 89.1 Å². The second kappa shape index (κ2) is 9.20. The number of rotatable bonds is 6. The van der Waals surface area contributed by atoms with Crippen LogP contribution < -0.4 is 4.74 Å². The van der Waals surface area contributed by atoms with E-state index in [2.05, 4.69) is 21.8 Å². The molecule has 1 aliphatic heterocycles. The van der Waals surface area contributed by atoms with Gasteiger partial charge in [0.2, 0.25) is 5.88 Å². The van der Waals surface area contributed by atoms with Crippen LogP contribution in [0, 0.1) is 0 Å². The molecule has 0 saturated heterocycles. The van der Waals surface area contributed by atoms with Crippen molar-refractivity contribution in [2.24, 2.45) is 10.2 Å². The van der Waals surface area contributed by atoms with Gasteiger partial charge in [0.15, 0.2) is 5.60 Å². The molecule has 7 nitrogen and oxygen atoms in total. The van der Waals surface area contributed by atoms with Crippen molar-refractivity contribution in [1.82, 2.24) is 4.98 Å². The molecule has 0 radical (unpaired) electrons. The zero-order chi connectivity index (χ0) is 25.4. The van der Waals surface area contributed by atoms with E-state index in [-0.39, 0.29) is 18.1 Å². The first-order chi connectivity index (χ1) is 17.3. The van der Waals surface area contributed by atoms with Crippen LogP contribution in [0.2, 0.25) is 5.02 Å². The Bertz CT molecular complexity index is 1580. The standard InChI is InChI=1S/C28H22ClN3O4/c1-16-14-30-32-27(16)28(35,19-6-8-24(29)18(10-19)15-33)20-7-9-25-23(12-20)22(13-26(31-25)36-2)17-4-3-5-21(34)11-17/h3-14,33-35H,1,15H2,2H3. The van der Waals surface area contributed by atoms with Gasteiger partial charge in [0, 0.05) is 22.0 Å². The van der Waals surface area contributed by atoms with Crippen LogP contribution in [0.25, 0.3) is 22.0 Å². The number of fused-ring (bicyclic) bond motifs is 1. The van der Waals surface area contributed by atoms with E-state index in [1.807, 2.05) is 12.1 Å². The lowest BCUT2D eigenvalue weighted by Crippen LogP contribution is -2.37. The minimum atomic E-state index is -1.76. The molecule has 0 spiro atoms. The van der Waals surface area contributed by atoms with Crippen LogP contribution in [0.5, 0.6) is 11.6 Å². The van der Waals surface area contributed by atoms with Gasteiger partial charge in [0.25, 0.3) is 0 Å². The third kappa shape index (κ3) is 3.93. The van der Waals surface area contributed by atoms with Crippen LogP contribution >= 0.6 is 11.6 Å². The Morgan fingerprint density at radius 3 is 2.50 bits per heavy atom. The number of pyridine rings is 1. The van der Waals surface area contributed by atoms with E-state index in [1.54, 1.807) is 54.6 Å². The minimum absolute atomic E-state index is 0.121. The van der Waals surface area contributed by atoms with Gasteiger partial charge in [-0.05, 0) is 64.2 Å². The van der Waals surface area contributed by atoms with Crippen LogP contribution in [-0.4, -0.2) is 39.3 Å². The Morgan fingerprint density at radius 1 is 1.03 bits per heavy atom. The molecule has 0 aliphatic carbocycles. The van der Waals surface area contributed by atoms with E-state index in [0.717, 1.165) is 16.5 Å². The van der Waals surface area contributed by atoms with Crippen molar-refractivity contribution >= 4 is 34.4 Å². The number of hydrogen-bond donors (Lipinski definition) is 3. The third-order valence-electron chi connectivity index (χ3n) is 6.22. The third-order valence-corrected chi connectivity index (χ3v) is 6.59. The van der Waals surface area contributed by atoms with Gasteiger partial charge in [-0.15, -0.1) is 0 Å². The molecule has 3 N–H and O–H groups in total. The van der Waals surface area contributed by atoms with Gasteiger partial charge in [-0.25, -0.2) is 4.98 Å². The molecule has 2 heterocycles. The van der Waals surface area contributed by atoms with Crippen LogP contribution in [0.3, 0.4) is 0 Å². The lowest BCUT2D eigenvalue weighted by atomic mass is 9.79. The SMILES string of the molecule is C=C1C=NN=C1C(O)(c1ccc(Cl)c(CO)c1)c1ccc2nc(OC)cc(-c3cccc(O)c3)c2c1. The summed E-state index contributed by atoms with van der Waals surface area (Å²) < 4.78 is 5.41. The first kappa shape index (κ1) is 23.7. The van der Waals surface area contributed by atoms with Crippen molar-refractivity contribution in [3.05, 3.63) is 101 Å². The molecule has 1 unspecified atom stereocenters. The summed E-state index contributed by atoms with van der Waals surface area (Å²) in [6.07, 6.45) is 1.48. The van der Waals surface area contributed by atoms with E-state index in [4.69, 9.17) is 16.3 Å². The Labute approximate surface area is 212 Å². The van der Waals surface area contributed by atoms with E-state index in [9.17, 15) is 15.3 Å². The first-order valence-corrected chi connectivity index (χ1v) is 11.4. The molecule has 5 rings (SSSR count).